The maximum Gasteiger partial charge on any atom is 0.313 e. The van der Waals surface area contributed by atoms with Crippen LogP contribution < -0.4 is 15.4 Å². The molecule has 6 heteroatoms. The summed E-state index contributed by atoms with van der Waals surface area (Å²) >= 11 is 0. The Kier molecular flexibility index (Phi) is 5.76. The minimum absolute atomic E-state index is 0.0386. The summed E-state index contributed by atoms with van der Waals surface area (Å²) in [6.45, 7) is 2.48. The lowest BCUT2D eigenvalue weighted by Crippen LogP contribution is -2.49. The van der Waals surface area contributed by atoms with Crippen molar-refractivity contribution in [1.82, 2.24) is 5.32 Å². The summed E-state index contributed by atoms with van der Waals surface area (Å²) < 4.78 is 5.34. The number of aliphatic hydroxyl groups is 1. The van der Waals surface area contributed by atoms with Gasteiger partial charge in [0, 0.05) is 18.7 Å². The molecule has 2 amide bonds. The number of carbonyl (C=O) groups is 2. The summed E-state index contributed by atoms with van der Waals surface area (Å²) in [5.74, 6) is -0.838. The first-order chi connectivity index (χ1) is 13.0. The van der Waals surface area contributed by atoms with E-state index >= 15 is 0 Å². The summed E-state index contributed by atoms with van der Waals surface area (Å²) in [6.07, 6.45) is 1.76. The molecule has 3 rings (SSSR count). The molecule has 0 fully saturated rings. The van der Waals surface area contributed by atoms with Crippen molar-refractivity contribution in [2.45, 2.75) is 31.8 Å². The maximum atomic E-state index is 12.1. The van der Waals surface area contributed by atoms with Crippen molar-refractivity contribution in [3.63, 3.8) is 0 Å². The molecule has 0 aliphatic heterocycles. The van der Waals surface area contributed by atoms with E-state index in [0.29, 0.717) is 30.9 Å². The second-order valence-electron chi connectivity index (χ2n) is 6.76. The van der Waals surface area contributed by atoms with Crippen LogP contribution in [0.4, 0.5) is 5.69 Å². The van der Waals surface area contributed by atoms with Gasteiger partial charge < -0.3 is 20.5 Å². The van der Waals surface area contributed by atoms with Crippen molar-refractivity contribution in [1.29, 1.82) is 0 Å². The lowest BCUT2D eigenvalue weighted by atomic mass is 9.80. The first-order valence-corrected chi connectivity index (χ1v) is 9.10. The number of hydrogen-bond acceptors (Lipinski definition) is 4. The molecule has 0 bridgehead atoms. The van der Waals surface area contributed by atoms with E-state index in [9.17, 15) is 14.7 Å². The number of rotatable bonds is 5. The Hall–Kier alpha value is -2.86. The highest BCUT2D eigenvalue weighted by Crippen LogP contribution is 2.28. The minimum Gasteiger partial charge on any atom is -0.494 e. The van der Waals surface area contributed by atoms with Crippen LogP contribution in [0.2, 0.25) is 0 Å². The van der Waals surface area contributed by atoms with Gasteiger partial charge in [0.05, 0.1) is 12.2 Å². The molecule has 0 radical (unpaired) electrons. The summed E-state index contributed by atoms with van der Waals surface area (Å²) in [4.78, 5) is 24.2. The van der Waals surface area contributed by atoms with Crippen LogP contribution in [-0.4, -0.2) is 35.7 Å². The Balaban J connectivity index is 1.52. The first kappa shape index (κ1) is 18.9. The molecular formula is C21H24N2O4. The largest absolute Gasteiger partial charge is 0.494 e. The number of nitrogens with one attached hydrogen (secondary N) is 2. The van der Waals surface area contributed by atoms with Crippen LogP contribution in [0.3, 0.4) is 0 Å². The quantitative estimate of drug-likeness (QED) is 0.705. The van der Waals surface area contributed by atoms with E-state index < -0.39 is 17.4 Å². The molecule has 1 aliphatic rings. The van der Waals surface area contributed by atoms with Gasteiger partial charge in [0.25, 0.3) is 0 Å². The van der Waals surface area contributed by atoms with Gasteiger partial charge in [-0.25, -0.2) is 0 Å². The van der Waals surface area contributed by atoms with E-state index in [0.717, 1.165) is 12.0 Å². The van der Waals surface area contributed by atoms with Crippen molar-refractivity contribution in [2.24, 2.45) is 0 Å². The van der Waals surface area contributed by atoms with Gasteiger partial charge in [-0.3, -0.25) is 9.59 Å². The van der Waals surface area contributed by atoms with Crippen LogP contribution in [0.1, 0.15) is 24.5 Å². The maximum absolute atomic E-state index is 12.1. The van der Waals surface area contributed by atoms with Gasteiger partial charge in [0.1, 0.15) is 5.75 Å². The molecule has 1 atom stereocenters. The molecule has 0 saturated carbocycles. The Labute approximate surface area is 158 Å². The van der Waals surface area contributed by atoms with Crippen LogP contribution >= 0.6 is 0 Å². The SMILES string of the molecule is CCOc1ccc(NC(=O)C(=O)NCC2(O)CCc3ccccc3C2)cc1. The lowest BCUT2D eigenvalue weighted by molar-refractivity contribution is -0.136. The molecular weight excluding hydrogens is 344 g/mol. The molecule has 1 unspecified atom stereocenters. The van der Waals surface area contributed by atoms with E-state index in [1.165, 1.54) is 5.56 Å². The molecule has 2 aromatic carbocycles. The molecule has 0 saturated heterocycles. The van der Waals surface area contributed by atoms with E-state index in [1.54, 1.807) is 24.3 Å². The van der Waals surface area contributed by atoms with Crippen molar-refractivity contribution >= 4 is 17.5 Å². The van der Waals surface area contributed by atoms with Gasteiger partial charge in [0.15, 0.2) is 0 Å². The first-order valence-electron chi connectivity index (χ1n) is 9.10. The van der Waals surface area contributed by atoms with E-state index in [1.807, 2.05) is 25.1 Å². The van der Waals surface area contributed by atoms with Gasteiger partial charge in [0.2, 0.25) is 0 Å². The lowest BCUT2D eigenvalue weighted by Gasteiger charge is -2.33. The van der Waals surface area contributed by atoms with E-state index in [4.69, 9.17) is 4.74 Å². The molecule has 0 spiro atoms. The highest BCUT2D eigenvalue weighted by atomic mass is 16.5. The fourth-order valence-corrected chi connectivity index (χ4v) is 3.25. The third kappa shape index (κ3) is 4.86. The number of aryl methyl sites for hydroxylation is 1. The van der Waals surface area contributed by atoms with Crippen molar-refractivity contribution in [3.05, 3.63) is 59.7 Å². The van der Waals surface area contributed by atoms with Gasteiger partial charge in [-0.15, -0.1) is 0 Å². The number of anilines is 1. The zero-order chi connectivity index (χ0) is 19.3. The predicted molar refractivity (Wildman–Crippen MR) is 103 cm³/mol. The van der Waals surface area contributed by atoms with Gasteiger partial charge in [-0.05, 0) is 55.2 Å². The molecule has 142 valence electrons. The van der Waals surface area contributed by atoms with Crippen molar-refractivity contribution < 1.29 is 19.4 Å². The monoisotopic (exact) mass is 368 g/mol. The summed E-state index contributed by atoms with van der Waals surface area (Å²) in [7, 11) is 0. The average molecular weight is 368 g/mol. The Bertz CT molecular complexity index is 819. The molecule has 2 aromatic rings. The summed E-state index contributed by atoms with van der Waals surface area (Å²) in [5.41, 5.74) is 1.77. The third-order valence-electron chi connectivity index (χ3n) is 4.71. The third-order valence-corrected chi connectivity index (χ3v) is 4.71. The van der Waals surface area contributed by atoms with Crippen molar-refractivity contribution in [3.8, 4) is 5.75 Å². The van der Waals surface area contributed by atoms with Crippen LogP contribution in [-0.2, 0) is 22.4 Å². The van der Waals surface area contributed by atoms with Crippen molar-refractivity contribution in [2.75, 3.05) is 18.5 Å². The highest BCUT2D eigenvalue weighted by Gasteiger charge is 2.32. The van der Waals surface area contributed by atoms with Crippen LogP contribution in [0.15, 0.2) is 48.5 Å². The van der Waals surface area contributed by atoms with Crippen LogP contribution in [0.25, 0.3) is 0 Å². The molecule has 3 N–H and O–H groups in total. The summed E-state index contributed by atoms with van der Waals surface area (Å²) in [6, 6.07) is 14.7. The topological polar surface area (TPSA) is 87.7 Å². The zero-order valence-electron chi connectivity index (χ0n) is 15.3. The number of hydrogen-bond donors (Lipinski definition) is 3. The number of carbonyl (C=O) groups excluding carboxylic acids is 2. The van der Waals surface area contributed by atoms with Gasteiger partial charge in [-0.1, -0.05) is 24.3 Å². The Morgan fingerprint density at radius 1 is 1.07 bits per heavy atom. The standard InChI is InChI=1S/C21H24N2O4/c1-2-27-18-9-7-17(8-10-18)23-20(25)19(24)22-14-21(26)12-11-15-5-3-4-6-16(15)13-21/h3-10,26H,2,11-14H2,1H3,(H,22,24)(H,23,25). The van der Waals surface area contributed by atoms with E-state index in [2.05, 4.69) is 16.7 Å². The van der Waals surface area contributed by atoms with Crippen LogP contribution in [0.5, 0.6) is 5.75 Å². The molecule has 1 aliphatic carbocycles. The Morgan fingerprint density at radius 2 is 1.78 bits per heavy atom. The zero-order valence-corrected chi connectivity index (χ0v) is 15.3. The van der Waals surface area contributed by atoms with Crippen LogP contribution in [0, 0.1) is 0 Å². The van der Waals surface area contributed by atoms with E-state index in [-0.39, 0.29) is 6.54 Å². The average Bonchev–Trinajstić information content (AvgIpc) is 2.68. The number of fused-ring (bicyclic) bond motifs is 1. The molecule has 0 aromatic heterocycles. The fourth-order valence-electron chi connectivity index (χ4n) is 3.25. The molecule has 0 heterocycles. The smallest absolute Gasteiger partial charge is 0.313 e. The molecule has 6 nitrogen and oxygen atoms in total. The second kappa shape index (κ2) is 8.22. The highest BCUT2D eigenvalue weighted by molar-refractivity contribution is 6.39. The number of benzene rings is 2. The number of ether oxygens (including phenoxy) is 1. The number of amides is 2. The normalized spacial score (nSPS) is 18.3. The molecule has 27 heavy (non-hydrogen) atoms. The van der Waals surface area contributed by atoms with Gasteiger partial charge >= 0.3 is 11.8 Å². The van der Waals surface area contributed by atoms with Gasteiger partial charge in [-0.2, -0.15) is 0 Å². The predicted octanol–water partition coefficient (Wildman–Crippen LogP) is 2.06. The second-order valence-corrected chi connectivity index (χ2v) is 6.76. The summed E-state index contributed by atoms with van der Waals surface area (Å²) in [5, 5.41) is 15.8. The minimum atomic E-state index is -1.04. The fraction of sp³-hybridized carbons (Fsp3) is 0.333. The Morgan fingerprint density at radius 3 is 2.48 bits per heavy atom.